The fourth-order valence-electron chi connectivity index (χ4n) is 3.30. The first-order valence-electron chi connectivity index (χ1n) is 7.87. The summed E-state index contributed by atoms with van der Waals surface area (Å²) in [6.07, 6.45) is 0. The van der Waals surface area contributed by atoms with Crippen molar-refractivity contribution >= 4 is 34.8 Å². The quantitative estimate of drug-likeness (QED) is 0.776. The van der Waals surface area contributed by atoms with Crippen molar-refractivity contribution in [2.45, 2.75) is 25.9 Å². The molecule has 2 amide bonds. The van der Waals surface area contributed by atoms with Crippen LogP contribution in [0.3, 0.4) is 0 Å². The highest BCUT2D eigenvalue weighted by Gasteiger charge is 2.55. The van der Waals surface area contributed by atoms with Crippen molar-refractivity contribution in [3.8, 4) is 0 Å². The average Bonchev–Trinajstić information content (AvgIpc) is 3.08. The Kier molecular flexibility index (Phi) is 3.58. The normalized spacial score (nSPS) is 22.0. The van der Waals surface area contributed by atoms with Crippen LogP contribution < -0.4 is 9.91 Å². The molecule has 7 heteroatoms. The number of carbonyl (C=O) groups is 2. The van der Waals surface area contributed by atoms with Gasteiger partial charge in [-0.2, -0.15) is 5.11 Å². The van der Waals surface area contributed by atoms with Gasteiger partial charge in [-0.05, 0) is 61.4 Å². The van der Waals surface area contributed by atoms with Crippen molar-refractivity contribution in [2.75, 3.05) is 9.91 Å². The zero-order valence-corrected chi connectivity index (χ0v) is 14.4. The van der Waals surface area contributed by atoms with Gasteiger partial charge in [-0.3, -0.25) is 9.59 Å². The van der Waals surface area contributed by atoms with E-state index in [1.807, 2.05) is 32.0 Å². The Hall–Kier alpha value is -2.73. The number of anilines is 2. The van der Waals surface area contributed by atoms with Crippen molar-refractivity contribution in [1.29, 1.82) is 0 Å². The third-order valence-electron chi connectivity index (χ3n) is 4.34. The van der Waals surface area contributed by atoms with Crippen molar-refractivity contribution in [3.05, 3.63) is 58.6 Å². The molecule has 4 rings (SSSR count). The van der Waals surface area contributed by atoms with Gasteiger partial charge in [-0.1, -0.05) is 22.9 Å². The third-order valence-corrected chi connectivity index (χ3v) is 4.59. The molecule has 126 valence electrons. The van der Waals surface area contributed by atoms with Gasteiger partial charge in [0.1, 0.15) is 0 Å². The maximum absolute atomic E-state index is 13.0. The molecule has 2 aromatic carbocycles. The first-order valence-corrected chi connectivity index (χ1v) is 8.25. The van der Waals surface area contributed by atoms with Crippen molar-refractivity contribution in [3.63, 3.8) is 0 Å². The molecular weight excluding hydrogens is 340 g/mol. The van der Waals surface area contributed by atoms with Crippen LogP contribution in [0.2, 0.25) is 5.02 Å². The number of nitrogens with zero attached hydrogens (tertiary/aromatic N) is 4. The minimum Gasteiger partial charge on any atom is -0.271 e. The van der Waals surface area contributed by atoms with Gasteiger partial charge in [0.05, 0.1) is 11.4 Å². The maximum Gasteiger partial charge on any atom is 0.263 e. The van der Waals surface area contributed by atoms with E-state index in [-0.39, 0.29) is 11.8 Å². The van der Waals surface area contributed by atoms with Gasteiger partial charge in [0.2, 0.25) is 0 Å². The molecule has 1 saturated heterocycles. The number of hydrogen-bond acceptors (Lipinski definition) is 5. The van der Waals surface area contributed by atoms with Gasteiger partial charge in [0.15, 0.2) is 12.1 Å². The Labute approximate surface area is 149 Å². The third kappa shape index (κ3) is 2.49. The summed E-state index contributed by atoms with van der Waals surface area (Å²) in [5.41, 5.74) is 3.23. The van der Waals surface area contributed by atoms with Crippen molar-refractivity contribution < 1.29 is 9.59 Å². The molecule has 2 aliphatic heterocycles. The molecule has 2 heterocycles. The summed E-state index contributed by atoms with van der Waals surface area (Å²) in [5.74, 6) is -0.667. The van der Waals surface area contributed by atoms with Gasteiger partial charge in [-0.25, -0.2) is 9.91 Å². The summed E-state index contributed by atoms with van der Waals surface area (Å²) < 4.78 is 0. The number of imide groups is 1. The average molecular weight is 355 g/mol. The second-order valence-corrected chi connectivity index (χ2v) is 6.71. The first kappa shape index (κ1) is 15.8. The van der Waals surface area contributed by atoms with E-state index >= 15 is 0 Å². The van der Waals surface area contributed by atoms with Crippen LogP contribution in [0.4, 0.5) is 11.4 Å². The maximum atomic E-state index is 13.0. The Morgan fingerprint density at radius 1 is 0.920 bits per heavy atom. The predicted molar refractivity (Wildman–Crippen MR) is 94.8 cm³/mol. The molecule has 25 heavy (non-hydrogen) atoms. The summed E-state index contributed by atoms with van der Waals surface area (Å²) in [6, 6.07) is 11.0. The molecule has 0 aromatic heterocycles. The molecule has 6 nitrogen and oxygen atoms in total. The molecular formula is C18H15ClN4O2. The van der Waals surface area contributed by atoms with Gasteiger partial charge in [0.25, 0.3) is 11.8 Å². The summed E-state index contributed by atoms with van der Waals surface area (Å²) in [6.45, 7) is 3.87. The highest BCUT2D eigenvalue weighted by Crippen LogP contribution is 2.35. The van der Waals surface area contributed by atoms with Crippen LogP contribution in [0.1, 0.15) is 11.1 Å². The van der Waals surface area contributed by atoms with Crippen LogP contribution in [0.25, 0.3) is 0 Å². The first-order chi connectivity index (χ1) is 12.0. The number of hydrogen-bond donors (Lipinski definition) is 0. The fourth-order valence-corrected chi connectivity index (χ4v) is 3.43. The summed E-state index contributed by atoms with van der Waals surface area (Å²) in [5, 5.41) is 10.1. The van der Waals surface area contributed by atoms with Gasteiger partial charge >= 0.3 is 0 Å². The minimum atomic E-state index is -0.816. The van der Waals surface area contributed by atoms with E-state index in [1.54, 1.807) is 24.3 Å². The Bertz CT molecular complexity index is 890. The second kappa shape index (κ2) is 5.67. The van der Waals surface area contributed by atoms with Crippen LogP contribution >= 0.6 is 11.6 Å². The number of rotatable bonds is 2. The standard InChI is InChI=1S/C18H15ClN4O2/c1-10-7-11(2)9-14(8-10)22-17(24)15-16(18(22)25)23(21-20-15)13-5-3-12(19)4-6-13/h3-9,15-16H,1-2H3/t15-,16+/m1/s1. The topological polar surface area (TPSA) is 65.3 Å². The summed E-state index contributed by atoms with van der Waals surface area (Å²) >= 11 is 5.91. The molecule has 0 saturated carbocycles. The largest absolute Gasteiger partial charge is 0.271 e. The van der Waals surface area contributed by atoms with E-state index < -0.39 is 12.1 Å². The number of halogens is 1. The van der Waals surface area contributed by atoms with E-state index in [9.17, 15) is 9.59 Å². The van der Waals surface area contributed by atoms with E-state index in [4.69, 9.17) is 11.6 Å². The number of carbonyl (C=O) groups excluding carboxylic acids is 2. The van der Waals surface area contributed by atoms with Gasteiger partial charge in [-0.15, -0.1) is 0 Å². The predicted octanol–water partition coefficient (Wildman–Crippen LogP) is 3.45. The molecule has 0 radical (unpaired) electrons. The number of fused-ring (bicyclic) bond motifs is 1. The zero-order valence-electron chi connectivity index (χ0n) is 13.7. The lowest BCUT2D eigenvalue weighted by Crippen LogP contribution is -2.39. The highest BCUT2D eigenvalue weighted by molar-refractivity contribution is 6.30. The second-order valence-electron chi connectivity index (χ2n) is 6.27. The highest BCUT2D eigenvalue weighted by atomic mass is 35.5. The van der Waals surface area contributed by atoms with Crippen LogP contribution in [-0.4, -0.2) is 23.9 Å². The molecule has 0 N–H and O–H groups in total. The Balaban J connectivity index is 1.71. The lowest BCUT2D eigenvalue weighted by Gasteiger charge is -2.21. The van der Waals surface area contributed by atoms with E-state index in [2.05, 4.69) is 10.3 Å². The summed E-state index contributed by atoms with van der Waals surface area (Å²) in [7, 11) is 0. The smallest absolute Gasteiger partial charge is 0.263 e. The number of benzene rings is 2. The molecule has 0 aliphatic carbocycles. The van der Waals surface area contributed by atoms with E-state index in [0.717, 1.165) is 11.1 Å². The van der Waals surface area contributed by atoms with Crippen LogP contribution in [0.15, 0.2) is 52.8 Å². The molecule has 2 atom stereocenters. The van der Waals surface area contributed by atoms with Crippen molar-refractivity contribution in [2.24, 2.45) is 10.3 Å². The zero-order chi connectivity index (χ0) is 17.7. The van der Waals surface area contributed by atoms with Gasteiger partial charge < -0.3 is 0 Å². The molecule has 2 aliphatic rings. The lowest BCUT2D eigenvalue weighted by atomic mass is 10.1. The Morgan fingerprint density at radius 2 is 1.56 bits per heavy atom. The van der Waals surface area contributed by atoms with Crippen LogP contribution in [0.5, 0.6) is 0 Å². The molecule has 0 bridgehead atoms. The molecule has 1 fully saturated rings. The van der Waals surface area contributed by atoms with E-state index in [0.29, 0.717) is 16.4 Å². The van der Waals surface area contributed by atoms with Crippen molar-refractivity contribution in [1.82, 2.24) is 0 Å². The Morgan fingerprint density at radius 3 is 2.20 bits per heavy atom. The molecule has 0 unspecified atom stereocenters. The SMILES string of the molecule is Cc1cc(C)cc(N2C(=O)[C@@H]3[C@@H](N=NN3c3ccc(Cl)cc3)C2=O)c1. The van der Waals surface area contributed by atoms with Crippen LogP contribution in [0, 0.1) is 13.8 Å². The molecule has 2 aromatic rings. The fraction of sp³-hybridized carbons (Fsp3) is 0.222. The number of aryl methyl sites for hydroxylation is 2. The number of amides is 2. The summed E-state index contributed by atoms with van der Waals surface area (Å²) in [4.78, 5) is 27.0. The van der Waals surface area contributed by atoms with E-state index in [1.165, 1.54) is 9.91 Å². The lowest BCUT2D eigenvalue weighted by molar-refractivity contribution is -0.121. The van der Waals surface area contributed by atoms with Gasteiger partial charge in [0, 0.05) is 5.02 Å². The van der Waals surface area contributed by atoms with Crippen LogP contribution in [-0.2, 0) is 9.59 Å². The minimum absolute atomic E-state index is 0.319. The molecule has 0 spiro atoms. The monoisotopic (exact) mass is 354 g/mol.